The molecule has 11 nitrogen and oxygen atoms in total. The molecule has 1 aliphatic rings. The number of hydrogen-bond acceptors (Lipinski definition) is 7. The average molecular weight is 494 g/mol. The van der Waals surface area contributed by atoms with Crippen molar-refractivity contribution < 1.29 is 27.6 Å². The summed E-state index contributed by atoms with van der Waals surface area (Å²) in [5.41, 5.74) is 6.02. The topological polar surface area (TPSA) is 159 Å². The molecule has 1 aliphatic heterocycles. The van der Waals surface area contributed by atoms with Crippen molar-refractivity contribution in [2.24, 2.45) is 5.73 Å². The number of amides is 5. The third-order valence-electron chi connectivity index (χ3n) is 5.09. The van der Waals surface area contributed by atoms with Crippen molar-refractivity contribution in [2.45, 2.75) is 24.8 Å². The molecular formula is C20H23N5O6S2. The van der Waals surface area contributed by atoms with Crippen molar-refractivity contribution in [3.63, 3.8) is 0 Å². The molecule has 0 spiro atoms. The molecule has 0 saturated heterocycles. The van der Waals surface area contributed by atoms with Gasteiger partial charge in [0.25, 0.3) is 11.8 Å². The maximum atomic E-state index is 12.8. The number of carbonyl (C=O) groups excluding carboxylic acids is 4. The van der Waals surface area contributed by atoms with Crippen molar-refractivity contribution in [2.75, 3.05) is 26.0 Å². The van der Waals surface area contributed by atoms with E-state index in [0.29, 0.717) is 23.4 Å². The second-order valence-electron chi connectivity index (χ2n) is 7.48. The molecule has 0 fully saturated rings. The predicted octanol–water partition coefficient (Wildman–Crippen LogP) is 0.964. The van der Waals surface area contributed by atoms with Gasteiger partial charge in [0.1, 0.15) is 5.00 Å². The molecule has 3 rings (SSSR count). The van der Waals surface area contributed by atoms with Crippen LogP contribution in [0.25, 0.3) is 0 Å². The number of urea groups is 1. The molecule has 13 heteroatoms. The van der Waals surface area contributed by atoms with Crippen LogP contribution in [-0.2, 0) is 27.8 Å². The Hall–Kier alpha value is -3.29. The number of nitrogens with one attached hydrogen (secondary N) is 2. The Morgan fingerprint density at radius 3 is 2.27 bits per heavy atom. The van der Waals surface area contributed by atoms with E-state index in [1.807, 2.05) is 5.32 Å². The van der Waals surface area contributed by atoms with Gasteiger partial charge in [-0.1, -0.05) is 0 Å². The van der Waals surface area contributed by atoms with Gasteiger partial charge in [0, 0.05) is 38.0 Å². The zero-order valence-corrected chi connectivity index (χ0v) is 19.8. The summed E-state index contributed by atoms with van der Waals surface area (Å²) in [5.74, 6) is -1.44. The number of thiophene rings is 1. The number of carbonyl (C=O) groups is 4. The minimum atomic E-state index is -3.65. The van der Waals surface area contributed by atoms with Crippen LogP contribution in [0.3, 0.4) is 0 Å². The highest BCUT2D eigenvalue weighted by atomic mass is 32.2. The number of nitrogens with zero attached hydrogens (tertiary/aromatic N) is 2. The Bertz CT molecular complexity index is 1230. The van der Waals surface area contributed by atoms with E-state index in [9.17, 15) is 27.6 Å². The highest BCUT2D eigenvalue weighted by molar-refractivity contribution is 7.89. The quantitative estimate of drug-likeness (QED) is 0.563. The van der Waals surface area contributed by atoms with E-state index < -0.39 is 27.9 Å². The van der Waals surface area contributed by atoms with Crippen LogP contribution >= 0.6 is 11.3 Å². The molecule has 0 aliphatic carbocycles. The summed E-state index contributed by atoms with van der Waals surface area (Å²) in [6, 6.07) is 4.32. The van der Waals surface area contributed by atoms with Crippen LogP contribution in [0.4, 0.5) is 9.80 Å². The summed E-state index contributed by atoms with van der Waals surface area (Å²) in [7, 11) is -0.841. The number of nitrogens with two attached hydrogens (primary N) is 1. The van der Waals surface area contributed by atoms with Gasteiger partial charge >= 0.3 is 6.03 Å². The van der Waals surface area contributed by atoms with E-state index in [-0.39, 0.29) is 33.5 Å². The fourth-order valence-corrected chi connectivity index (χ4v) is 5.50. The number of sulfonamides is 1. The van der Waals surface area contributed by atoms with Gasteiger partial charge in [-0.05, 0) is 36.2 Å². The maximum Gasteiger partial charge on any atom is 0.319 e. The first-order valence-electron chi connectivity index (χ1n) is 9.76. The molecule has 1 aromatic carbocycles. The van der Waals surface area contributed by atoms with Crippen molar-refractivity contribution >= 4 is 50.1 Å². The summed E-state index contributed by atoms with van der Waals surface area (Å²) in [6.45, 7) is 2.12. The third-order valence-corrected chi connectivity index (χ3v) is 8.05. The molecule has 0 unspecified atom stereocenters. The largest absolute Gasteiger partial charge is 0.351 e. The predicted molar refractivity (Wildman–Crippen MR) is 121 cm³/mol. The summed E-state index contributed by atoms with van der Waals surface area (Å²) >= 11 is 1.13. The van der Waals surface area contributed by atoms with Crippen LogP contribution in [0.15, 0.2) is 29.2 Å². The number of primary amides is 1. The molecule has 176 valence electrons. The normalized spacial score (nSPS) is 13.4. The zero-order chi connectivity index (χ0) is 24.5. The molecule has 33 heavy (non-hydrogen) atoms. The molecule has 5 amide bonds. The maximum absolute atomic E-state index is 12.8. The molecule has 0 bridgehead atoms. The molecule has 0 radical (unpaired) electrons. The van der Waals surface area contributed by atoms with Gasteiger partial charge in [-0.2, -0.15) is 0 Å². The lowest BCUT2D eigenvalue weighted by molar-refractivity contribution is -0.129. The highest BCUT2D eigenvalue weighted by Crippen LogP contribution is 2.37. The van der Waals surface area contributed by atoms with Gasteiger partial charge in [-0.25, -0.2) is 17.5 Å². The first-order chi connectivity index (χ1) is 15.4. The Morgan fingerprint density at radius 1 is 1.09 bits per heavy atom. The van der Waals surface area contributed by atoms with Crippen molar-refractivity contribution in [1.82, 2.24) is 14.5 Å². The van der Waals surface area contributed by atoms with Crippen LogP contribution in [0.5, 0.6) is 0 Å². The molecule has 1 aromatic heterocycles. The van der Waals surface area contributed by atoms with Gasteiger partial charge in [0.15, 0.2) is 0 Å². The minimum Gasteiger partial charge on any atom is -0.351 e. The van der Waals surface area contributed by atoms with E-state index in [2.05, 4.69) is 5.32 Å². The molecule has 0 atom stereocenters. The van der Waals surface area contributed by atoms with Crippen molar-refractivity contribution in [3.8, 4) is 0 Å². The third kappa shape index (κ3) is 5.05. The number of hydrogen-bond donors (Lipinski definition) is 3. The minimum absolute atomic E-state index is 0.0292. The van der Waals surface area contributed by atoms with E-state index in [1.54, 1.807) is 4.90 Å². The number of fused-ring (bicyclic) bond motifs is 1. The highest BCUT2D eigenvalue weighted by Gasteiger charge is 2.30. The molecule has 2 aromatic rings. The Morgan fingerprint density at radius 2 is 1.73 bits per heavy atom. The van der Waals surface area contributed by atoms with Crippen LogP contribution in [0.1, 0.15) is 38.1 Å². The average Bonchev–Trinajstić information content (AvgIpc) is 3.10. The summed E-state index contributed by atoms with van der Waals surface area (Å²) < 4.78 is 25.5. The smallest absolute Gasteiger partial charge is 0.319 e. The number of benzene rings is 1. The standard InChI is InChI=1S/C20H23N5O6S2/c1-11(26)25-9-8-14-15(10-25)32-19(16(14)18(28)23-20(21)29)22-17(27)12-4-6-13(7-5-12)33(30,31)24(2)3/h4-7H,8-10H2,1-3H3,(H,22,27)(H3,21,23,28,29). The van der Waals surface area contributed by atoms with Gasteiger partial charge in [0.2, 0.25) is 15.9 Å². The van der Waals surface area contributed by atoms with Gasteiger partial charge in [-0.3, -0.25) is 19.7 Å². The SMILES string of the molecule is CC(=O)N1CCc2c(sc(NC(=O)c3ccc(S(=O)(=O)N(C)C)cc3)c2C(=O)NC(N)=O)C1. The first kappa shape index (κ1) is 24.4. The number of imide groups is 1. The summed E-state index contributed by atoms with van der Waals surface area (Å²) in [6.07, 6.45) is 0.375. The van der Waals surface area contributed by atoms with Crippen LogP contribution < -0.4 is 16.4 Å². The lowest BCUT2D eigenvalue weighted by Gasteiger charge is -2.25. The number of anilines is 1. The Balaban J connectivity index is 1.92. The van der Waals surface area contributed by atoms with Crippen LogP contribution in [0.2, 0.25) is 0 Å². The van der Waals surface area contributed by atoms with Crippen LogP contribution in [0, 0.1) is 0 Å². The zero-order valence-electron chi connectivity index (χ0n) is 18.2. The lowest BCUT2D eigenvalue weighted by Crippen LogP contribution is -2.37. The Labute approximate surface area is 194 Å². The van der Waals surface area contributed by atoms with Crippen molar-refractivity contribution in [3.05, 3.63) is 45.8 Å². The fourth-order valence-electron chi connectivity index (χ4n) is 3.34. The Kier molecular flexibility index (Phi) is 6.86. The van der Waals surface area contributed by atoms with Gasteiger partial charge in [0.05, 0.1) is 17.0 Å². The summed E-state index contributed by atoms with van der Waals surface area (Å²) in [5, 5.41) is 4.89. The monoisotopic (exact) mass is 493 g/mol. The second-order valence-corrected chi connectivity index (χ2v) is 10.7. The van der Waals surface area contributed by atoms with Crippen LogP contribution in [-0.4, -0.2) is 62.0 Å². The van der Waals surface area contributed by atoms with E-state index >= 15 is 0 Å². The van der Waals surface area contributed by atoms with Crippen molar-refractivity contribution in [1.29, 1.82) is 0 Å². The molecule has 4 N–H and O–H groups in total. The van der Waals surface area contributed by atoms with E-state index in [1.165, 1.54) is 45.3 Å². The fraction of sp³-hybridized carbons (Fsp3) is 0.300. The second kappa shape index (κ2) is 9.29. The van der Waals surface area contributed by atoms with Gasteiger partial charge < -0.3 is 16.0 Å². The molecular weight excluding hydrogens is 470 g/mol. The summed E-state index contributed by atoms with van der Waals surface area (Å²) in [4.78, 5) is 50.8. The lowest BCUT2D eigenvalue weighted by atomic mass is 10.0. The molecule has 0 saturated carbocycles. The number of rotatable bonds is 5. The van der Waals surface area contributed by atoms with E-state index in [4.69, 9.17) is 5.73 Å². The molecule has 2 heterocycles. The van der Waals surface area contributed by atoms with Gasteiger partial charge in [-0.15, -0.1) is 11.3 Å². The first-order valence-corrected chi connectivity index (χ1v) is 12.0. The van der Waals surface area contributed by atoms with E-state index in [0.717, 1.165) is 15.6 Å².